The molecule has 0 spiro atoms. The van der Waals surface area contributed by atoms with Gasteiger partial charge >= 0.3 is 0 Å². The summed E-state index contributed by atoms with van der Waals surface area (Å²) in [6.07, 6.45) is 53.8. The lowest BCUT2D eigenvalue weighted by molar-refractivity contribution is -0.130. The molecule has 0 bridgehead atoms. The van der Waals surface area contributed by atoms with E-state index in [2.05, 4.69) is 138 Å². The van der Waals surface area contributed by atoms with E-state index in [0.717, 1.165) is 59.1 Å². The minimum atomic E-state index is -0.519. The number of ketones is 5. The lowest BCUT2D eigenvalue weighted by atomic mass is 9.72. The van der Waals surface area contributed by atoms with E-state index in [1.165, 1.54) is 84.8 Å². The maximum absolute atomic E-state index is 14.2. The van der Waals surface area contributed by atoms with Gasteiger partial charge in [0.2, 0.25) is 0 Å². The fraction of sp³-hybridized carbons (Fsp3) is 0.545. The number of hydrogen-bond acceptors (Lipinski definition) is 5. The van der Waals surface area contributed by atoms with Crippen LogP contribution in [0, 0.1) is 28.1 Å². The maximum Gasteiger partial charge on any atom is 0.156 e. The van der Waals surface area contributed by atoms with Crippen LogP contribution in [0.25, 0.3) is 0 Å². The Hall–Kier alpha value is -5.55. The first-order valence-electron chi connectivity index (χ1n) is 31.5. The second-order valence-corrected chi connectivity index (χ2v) is 26.7. The fourth-order valence-corrected chi connectivity index (χ4v) is 12.2. The summed E-state index contributed by atoms with van der Waals surface area (Å²) in [6, 6.07) is 0. The molecule has 0 aromatic carbocycles. The first kappa shape index (κ1) is 70.7. The van der Waals surface area contributed by atoms with Crippen LogP contribution in [0.15, 0.2) is 176 Å². The number of carbonyl (C=O) groups is 5. The molecule has 3 aliphatic carbocycles. The molecule has 3 aliphatic rings. The first-order valence-corrected chi connectivity index (χ1v) is 31.5. The highest BCUT2D eigenvalue weighted by Gasteiger charge is 2.29. The van der Waals surface area contributed by atoms with Crippen molar-refractivity contribution in [3.63, 3.8) is 0 Å². The summed E-state index contributed by atoms with van der Waals surface area (Å²) in [5.41, 5.74) is 15.4. The van der Waals surface area contributed by atoms with Gasteiger partial charge in [-0.1, -0.05) is 192 Å². The number of unbranched alkanes of at least 4 members (excludes halogenated alkanes) is 4. The van der Waals surface area contributed by atoms with Gasteiger partial charge in [0.05, 0.1) is 0 Å². The molecule has 2 atom stereocenters. The molecule has 0 saturated heterocycles. The Labute approximate surface area is 500 Å². The van der Waals surface area contributed by atoms with Gasteiger partial charge in [0, 0.05) is 37.5 Å². The molecular weight excluding hydrogens is 1000 g/mol. The quantitative estimate of drug-likeness (QED) is 0.0371. The zero-order valence-corrected chi connectivity index (χ0v) is 54.4. The highest BCUT2D eigenvalue weighted by Crippen LogP contribution is 2.43. The van der Waals surface area contributed by atoms with Crippen molar-refractivity contribution in [3.05, 3.63) is 176 Å². The van der Waals surface area contributed by atoms with Crippen molar-refractivity contribution in [1.82, 2.24) is 0 Å². The van der Waals surface area contributed by atoms with Crippen molar-refractivity contribution in [2.75, 3.05) is 0 Å². The Balaban J connectivity index is 1.60. The van der Waals surface area contributed by atoms with E-state index >= 15 is 0 Å². The van der Waals surface area contributed by atoms with Crippen LogP contribution < -0.4 is 0 Å². The summed E-state index contributed by atoms with van der Waals surface area (Å²) in [5, 5.41) is 0. The normalized spacial score (nSPS) is 19.8. The summed E-state index contributed by atoms with van der Waals surface area (Å²) < 4.78 is 0. The minimum Gasteiger partial charge on any atom is -0.300 e. The van der Waals surface area contributed by atoms with Crippen LogP contribution in [0.1, 0.15) is 246 Å². The summed E-state index contributed by atoms with van der Waals surface area (Å²) in [7, 11) is 0. The third-order valence-corrected chi connectivity index (χ3v) is 17.4. The van der Waals surface area contributed by atoms with Crippen molar-refractivity contribution >= 4 is 28.9 Å². The molecule has 2 unspecified atom stereocenters. The van der Waals surface area contributed by atoms with Gasteiger partial charge in [-0.15, -0.1) is 0 Å². The Morgan fingerprint density at radius 1 is 0.402 bits per heavy atom. The van der Waals surface area contributed by atoms with Crippen molar-refractivity contribution in [1.29, 1.82) is 0 Å². The largest absolute Gasteiger partial charge is 0.300 e. The molecule has 448 valence electrons. The monoisotopic (exact) mass is 1110 g/mol. The van der Waals surface area contributed by atoms with Crippen molar-refractivity contribution < 1.29 is 24.0 Å². The Morgan fingerprint density at radius 2 is 0.732 bits per heavy atom. The van der Waals surface area contributed by atoms with E-state index in [1.807, 2.05) is 57.2 Å². The van der Waals surface area contributed by atoms with Gasteiger partial charge in [-0.05, 0) is 221 Å². The zero-order chi connectivity index (χ0) is 61.0. The van der Waals surface area contributed by atoms with Crippen LogP contribution in [0.5, 0.6) is 0 Å². The molecule has 0 aromatic heterocycles. The first-order chi connectivity index (χ1) is 38.6. The van der Waals surface area contributed by atoms with Crippen LogP contribution in [0.2, 0.25) is 0 Å². The van der Waals surface area contributed by atoms with Crippen LogP contribution in [-0.4, -0.2) is 28.9 Å². The Bertz CT molecular complexity index is 2720. The maximum atomic E-state index is 14.2. The molecule has 0 radical (unpaired) electrons. The second kappa shape index (κ2) is 35.6. The smallest absolute Gasteiger partial charge is 0.156 e. The van der Waals surface area contributed by atoms with E-state index in [9.17, 15) is 24.0 Å². The molecule has 0 fully saturated rings. The summed E-state index contributed by atoms with van der Waals surface area (Å²) >= 11 is 0. The predicted molar refractivity (Wildman–Crippen MR) is 351 cm³/mol. The molecule has 0 heterocycles. The number of hydrogen-bond donors (Lipinski definition) is 0. The predicted octanol–water partition coefficient (Wildman–Crippen LogP) is 21.4. The number of carbonyl (C=O) groups excluding carboxylic acids is 5. The average molecular weight is 1120 g/mol. The van der Waals surface area contributed by atoms with Gasteiger partial charge in [-0.2, -0.15) is 0 Å². The van der Waals surface area contributed by atoms with E-state index < -0.39 is 11.8 Å². The molecule has 0 N–H and O–H groups in total. The molecule has 0 aromatic rings. The van der Waals surface area contributed by atoms with Gasteiger partial charge in [-0.25, -0.2) is 0 Å². The summed E-state index contributed by atoms with van der Waals surface area (Å²) in [4.78, 5) is 66.7. The van der Waals surface area contributed by atoms with Crippen LogP contribution in [0.4, 0.5) is 0 Å². The molecule has 5 heteroatoms. The van der Waals surface area contributed by atoms with Crippen LogP contribution in [-0.2, 0) is 24.0 Å². The number of Topliss-reactive ketones (excluding diaryl/α,β-unsaturated/α-hetero) is 2. The summed E-state index contributed by atoms with van der Waals surface area (Å²) in [6.45, 7) is 34.4. The number of rotatable bonds is 33. The SMILES string of the molecule is CC(=O)C(CCCCCC(=O)C=C(C)C=CC=C(C)C=CC1=C(C)CCCC1(C)C)CC(=O)C(CCCCCC(=O)C=C(C)C=CC=C(C)C=CC1=C(C)CCCC1(C)C)CC(=O)C=C(C)C=CC=C(C)C=CC1=C(C)CCCC1(C)C. The van der Waals surface area contributed by atoms with Crippen molar-refractivity contribution in [2.45, 2.75) is 246 Å². The Kier molecular flexibility index (Phi) is 30.7. The van der Waals surface area contributed by atoms with Gasteiger partial charge in [0.15, 0.2) is 17.3 Å². The lowest BCUT2D eigenvalue weighted by Gasteiger charge is -2.33. The molecule has 82 heavy (non-hydrogen) atoms. The topological polar surface area (TPSA) is 85.3 Å². The van der Waals surface area contributed by atoms with Gasteiger partial charge in [0.1, 0.15) is 11.6 Å². The fourth-order valence-electron chi connectivity index (χ4n) is 12.2. The van der Waals surface area contributed by atoms with E-state index in [4.69, 9.17) is 0 Å². The van der Waals surface area contributed by atoms with Crippen molar-refractivity contribution in [3.8, 4) is 0 Å². The summed E-state index contributed by atoms with van der Waals surface area (Å²) in [5.74, 6) is -0.981. The molecule has 5 nitrogen and oxygen atoms in total. The standard InChI is InChI=1S/C77H110O5/c1-56(42-45-71-62(7)35-26-48-75(71,11)12)29-23-32-59(4)51-68(79)40-21-17-19-38-66(65(10)78)55-74(82)67(54-70(81)53-61(6)34-25-31-58(3)44-47-73-64(9)37-28-50-77(73,15)16)39-20-18-22-41-69(80)52-60(5)33-24-30-57(2)43-46-72-63(8)36-27-49-76(72,13)14/h23-25,29-34,42-47,51-53,66-67H,17-22,26-28,35-41,48-50,54-55H2,1-16H3. The Morgan fingerprint density at radius 3 is 1.06 bits per heavy atom. The van der Waals surface area contributed by atoms with E-state index in [-0.39, 0.29) is 58.0 Å². The zero-order valence-electron chi connectivity index (χ0n) is 54.4. The highest BCUT2D eigenvalue weighted by atomic mass is 16.1. The number of allylic oxidation sites excluding steroid dienone is 30. The molecular formula is C77H110O5. The van der Waals surface area contributed by atoms with Gasteiger partial charge in [0.25, 0.3) is 0 Å². The van der Waals surface area contributed by atoms with E-state index in [0.29, 0.717) is 44.9 Å². The van der Waals surface area contributed by atoms with Gasteiger partial charge < -0.3 is 0 Å². The lowest BCUT2D eigenvalue weighted by Crippen LogP contribution is -2.24. The van der Waals surface area contributed by atoms with Gasteiger partial charge in [-0.3, -0.25) is 24.0 Å². The molecule has 3 rings (SSSR count). The average Bonchev–Trinajstić information content (AvgIpc) is 3.52. The van der Waals surface area contributed by atoms with Crippen molar-refractivity contribution in [2.24, 2.45) is 28.1 Å². The molecule has 0 aliphatic heterocycles. The van der Waals surface area contributed by atoms with Crippen LogP contribution in [0.3, 0.4) is 0 Å². The third-order valence-electron chi connectivity index (χ3n) is 17.4. The molecule has 0 amide bonds. The third kappa shape index (κ3) is 26.8. The second-order valence-electron chi connectivity index (χ2n) is 26.7. The molecule has 0 saturated carbocycles. The minimum absolute atomic E-state index is 0.0236. The van der Waals surface area contributed by atoms with E-state index in [1.54, 1.807) is 25.2 Å². The highest BCUT2D eigenvalue weighted by molar-refractivity contribution is 5.96. The van der Waals surface area contributed by atoms with Crippen LogP contribution >= 0.6 is 0 Å².